The lowest BCUT2D eigenvalue weighted by Crippen LogP contribution is -2.30. The molecule has 12 heavy (non-hydrogen) atoms. The smallest absolute Gasteiger partial charge is 0.320 e. The zero-order valence-electron chi connectivity index (χ0n) is 6.73. The third kappa shape index (κ3) is 5.48. The lowest BCUT2D eigenvalue weighted by Gasteiger charge is -2.03. The Kier molecular flexibility index (Phi) is 4.78. The number of guanidine groups is 1. The van der Waals surface area contributed by atoms with Crippen LogP contribution >= 0.6 is 0 Å². The summed E-state index contributed by atoms with van der Waals surface area (Å²) in [5.74, 6) is -0.987. The van der Waals surface area contributed by atoms with Crippen LogP contribution in [0.5, 0.6) is 0 Å². The molecule has 0 aliphatic heterocycles. The molecule has 0 aromatic carbocycles. The molecule has 0 aliphatic carbocycles. The van der Waals surface area contributed by atoms with E-state index in [2.05, 4.69) is 4.99 Å². The fourth-order valence-electron chi connectivity index (χ4n) is 0.643. The number of carbonyl (C=O) groups is 1. The highest BCUT2D eigenvalue weighted by molar-refractivity contribution is 5.75. The Bertz CT molecular complexity index is 176. The second-order valence-corrected chi connectivity index (χ2v) is 2.39. The standard InChI is InChI=1S/C6H14N4O2/c7-4(5(11)12)2-1-3-10-6(8)9/h4H,1-3,7H2,(H,11,12)(H4,8,9,10)/i1+1,2+1,3+1,4+1,5+1,6+1. The Morgan fingerprint density at radius 2 is 2.08 bits per heavy atom. The van der Waals surface area contributed by atoms with Crippen molar-refractivity contribution in [2.75, 3.05) is 6.54 Å². The van der Waals surface area contributed by atoms with Gasteiger partial charge in [-0.05, 0) is 12.8 Å². The van der Waals surface area contributed by atoms with Gasteiger partial charge in [-0.2, -0.15) is 0 Å². The summed E-state index contributed by atoms with van der Waals surface area (Å²) in [6, 6.07) is -0.820. The highest BCUT2D eigenvalue weighted by Gasteiger charge is 2.09. The van der Waals surface area contributed by atoms with Crippen molar-refractivity contribution >= 4 is 11.9 Å². The van der Waals surface area contributed by atoms with Crippen molar-refractivity contribution in [2.24, 2.45) is 22.2 Å². The molecule has 70 valence electrons. The van der Waals surface area contributed by atoms with E-state index in [1.807, 2.05) is 0 Å². The van der Waals surface area contributed by atoms with Crippen LogP contribution in [0.2, 0.25) is 0 Å². The van der Waals surface area contributed by atoms with Crippen molar-refractivity contribution in [2.45, 2.75) is 18.9 Å². The van der Waals surface area contributed by atoms with Gasteiger partial charge in [0, 0.05) is 6.54 Å². The molecule has 0 heterocycles. The molecule has 0 saturated heterocycles. The van der Waals surface area contributed by atoms with E-state index in [0.717, 1.165) is 0 Å². The number of hydrogen-bond donors (Lipinski definition) is 4. The molecule has 0 aliphatic rings. The minimum absolute atomic E-state index is 0.0129. The Labute approximate surface area is 70.4 Å². The van der Waals surface area contributed by atoms with E-state index in [1.54, 1.807) is 0 Å². The molecule has 6 heteroatoms. The lowest BCUT2D eigenvalue weighted by atomic mass is 11.1. The van der Waals surface area contributed by atoms with Crippen molar-refractivity contribution in [1.82, 2.24) is 0 Å². The van der Waals surface area contributed by atoms with E-state index < -0.39 is 12.0 Å². The van der Waals surface area contributed by atoms with Crippen molar-refractivity contribution in [1.29, 1.82) is 0 Å². The molecular formula is C6H14N4O2. The van der Waals surface area contributed by atoms with Crippen molar-refractivity contribution in [3.05, 3.63) is 0 Å². The summed E-state index contributed by atoms with van der Waals surface area (Å²) in [5, 5.41) is 8.38. The quantitative estimate of drug-likeness (QED) is 0.176. The molecular weight excluding hydrogens is 166 g/mol. The topological polar surface area (TPSA) is 128 Å². The second kappa shape index (κ2) is 5.36. The van der Waals surface area contributed by atoms with Gasteiger partial charge >= 0.3 is 5.97 Å². The van der Waals surface area contributed by atoms with E-state index >= 15 is 0 Å². The van der Waals surface area contributed by atoms with Crippen molar-refractivity contribution in [3.63, 3.8) is 0 Å². The van der Waals surface area contributed by atoms with E-state index in [4.69, 9.17) is 22.3 Å². The van der Waals surface area contributed by atoms with E-state index in [0.29, 0.717) is 19.4 Å². The van der Waals surface area contributed by atoms with Gasteiger partial charge in [0.25, 0.3) is 0 Å². The van der Waals surface area contributed by atoms with Crippen LogP contribution in [0.1, 0.15) is 12.8 Å². The number of aliphatic carboxylic acids is 1. The number of hydrogen-bond acceptors (Lipinski definition) is 3. The molecule has 7 N–H and O–H groups in total. The van der Waals surface area contributed by atoms with Crippen LogP contribution < -0.4 is 17.2 Å². The van der Waals surface area contributed by atoms with Gasteiger partial charge in [-0.3, -0.25) is 9.79 Å². The first-order valence-corrected chi connectivity index (χ1v) is 3.58. The minimum Gasteiger partial charge on any atom is -0.480 e. The van der Waals surface area contributed by atoms with Gasteiger partial charge in [-0.25, -0.2) is 0 Å². The van der Waals surface area contributed by atoms with Gasteiger partial charge in [-0.1, -0.05) is 0 Å². The number of aliphatic imine (C=N–C) groups is 1. The molecule has 1 atom stereocenters. The summed E-state index contributed by atoms with van der Waals surface area (Å²) < 4.78 is 0. The normalized spacial score (nSPS) is 12.1. The average Bonchev–Trinajstić information content (AvgIpc) is 1.97. The number of nitrogens with two attached hydrogens (primary N) is 3. The zero-order chi connectivity index (χ0) is 9.56. The second-order valence-electron chi connectivity index (χ2n) is 2.39. The summed E-state index contributed by atoms with van der Waals surface area (Å²) in [5.41, 5.74) is 15.3. The number of nitrogens with zero attached hydrogens (tertiary/aromatic N) is 1. The Morgan fingerprint density at radius 1 is 1.50 bits per heavy atom. The largest absolute Gasteiger partial charge is 0.480 e. The summed E-state index contributed by atoms with van der Waals surface area (Å²) in [4.78, 5) is 13.9. The Morgan fingerprint density at radius 3 is 2.50 bits per heavy atom. The summed E-state index contributed by atoms with van der Waals surface area (Å²) >= 11 is 0. The summed E-state index contributed by atoms with van der Waals surface area (Å²) in [6.07, 6.45) is 0.956. The molecule has 0 amide bonds. The number of carboxylic acid groups (broad SMARTS) is 1. The van der Waals surface area contributed by atoms with Crippen LogP contribution in [0.3, 0.4) is 0 Å². The predicted octanol–water partition coefficient (Wildman–Crippen LogP) is -1.55. The first-order chi connectivity index (χ1) is 5.54. The summed E-state index contributed by atoms with van der Waals surface area (Å²) in [7, 11) is 0. The SMILES string of the molecule is N[13C](N)=N[13CH2][13CH2][13CH2][13CH](N)[13C](=O)O. The van der Waals surface area contributed by atoms with Gasteiger partial charge in [0.05, 0.1) is 0 Å². The van der Waals surface area contributed by atoms with E-state index in [1.165, 1.54) is 0 Å². The van der Waals surface area contributed by atoms with Gasteiger partial charge in [-0.15, -0.1) is 0 Å². The van der Waals surface area contributed by atoms with E-state index in [-0.39, 0.29) is 5.96 Å². The van der Waals surface area contributed by atoms with Crippen LogP contribution in [0.25, 0.3) is 0 Å². The van der Waals surface area contributed by atoms with Crippen molar-refractivity contribution in [3.8, 4) is 0 Å². The number of carboxylic acids is 1. The third-order valence-corrected chi connectivity index (χ3v) is 1.28. The first-order valence-electron chi connectivity index (χ1n) is 3.58. The predicted molar refractivity (Wildman–Crippen MR) is 45.5 cm³/mol. The Hall–Kier alpha value is -1.30. The maximum Gasteiger partial charge on any atom is 0.320 e. The fraction of sp³-hybridized carbons (Fsp3) is 0.667. The van der Waals surface area contributed by atoms with Crippen molar-refractivity contribution < 1.29 is 9.90 Å². The van der Waals surface area contributed by atoms with Gasteiger partial charge in [0.15, 0.2) is 5.96 Å². The molecule has 0 spiro atoms. The molecule has 0 aromatic heterocycles. The third-order valence-electron chi connectivity index (χ3n) is 1.28. The fourth-order valence-corrected chi connectivity index (χ4v) is 0.643. The van der Waals surface area contributed by atoms with Crippen LogP contribution in [-0.4, -0.2) is 29.6 Å². The van der Waals surface area contributed by atoms with Gasteiger partial charge in [0.2, 0.25) is 0 Å². The molecule has 0 rings (SSSR count). The average molecular weight is 180 g/mol. The molecule has 0 radical (unpaired) electrons. The molecule has 0 bridgehead atoms. The minimum atomic E-state index is -1.00. The first kappa shape index (κ1) is 10.7. The highest BCUT2D eigenvalue weighted by Crippen LogP contribution is 1.94. The van der Waals surface area contributed by atoms with Gasteiger partial charge in [0.1, 0.15) is 6.04 Å². The van der Waals surface area contributed by atoms with Crippen LogP contribution in [0.15, 0.2) is 4.99 Å². The number of rotatable bonds is 5. The monoisotopic (exact) mass is 180 g/mol. The molecule has 0 aromatic rings. The van der Waals surface area contributed by atoms with Crippen LogP contribution in [0, 0.1) is 0 Å². The molecule has 1 unspecified atom stereocenters. The molecule has 0 saturated carbocycles. The summed E-state index contributed by atoms with van der Waals surface area (Å²) in [6.45, 7) is 0.420. The van der Waals surface area contributed by atoms with E-state index in [9.17, 15) is 4.79 Å². The van der Waals surface area contributed by atoms with Crippen LogP contribution in [0.4, 0.5) is 0 Å². The maximum atomic E-state index is 10.2. The Balaban J connectivity index is 3.44. The lowest BCUT2D eigenvalue weighted by molar-refractivity contribution is -0.138. The highest BCUT2D eigenvalue weighted by atomic mass is 16.5. The molecule has 0 fully saturated rings. The molecule has 6 nitrogen and oxygen atoms in total. The maximum absolute atomic E-state index is 10.2. The van der Waals surface area contributed by atoms with Crippen LogP contribution in [-0.2, 0) is 4.79 Å². The van der Waals surface area contributed by atoms with Gasteiger partial charge < -0.3 is 22.3 Å². The zero-order valence-corrected chi connectivity index (χ0v) is 6.73.